The topological polar surface area (TPSA) is 84.9 Å². The van der Waals surface area contributed by atoms with Gasteiger partial charge in [0.15, 0.2) is 0 Å². The number of benzene rings is 1. The van der Waals surface area contributed by atoms with Gasteiger partial charge in [-0.05, 0) is 37.1 Å². The van der Waals surface area contributed by atoms with Crippen molar-refractivity contribution in [2.75, 3.05) is 19.8 Å². The monoisotopic (exact) mass is 347 g/mol. The molecule has 1 aromatic rings. The Kier molecular flexibility index (Phi) is 5.33. The number of carbonyl (C=O) groups is 2. The Bertz CT molecular complexity index is 594. The molecule has 0 spiro atoms. The van der Waals surface area contributed by atoms with E-state index in [1.54, 1.807) is 0 Å². The quantitative estimate of drug-likeness (QED) is 0.853. The Hall–Kier alpha value is -2.29. The zero-order valence-corrected chi connectivity index (χ0v) is 12.6. The highest BCUT2D eigenvalue weighted by atomic mass is 19.4. The first kappa shape index (κ1) is 18.1. The number of carbonyl (C=O) groups excluding carboxylic acids is 1. The van der Waals surface area contributed by atoms with Crippen LogP contribution < -0.4 is 10.1 Å². The summed E-state index contributed by atoms with van der Waals surface area (Å²) in [5.41, 5.74) is -0.982. The molecule has 132 valence electrons. The van der Waals surface area contributed by atoms with Gasteiger partial charge in [0.2, 0.25) is 0 Å². The number of hydrogen-bond acceptors (Lipinski definition) is 4. The summed E-state index contributed by atoms with van der Waals surface area (Å²) in [6, 6.07) is 4.38. The number of rotatable bonds is 5. The zero-order valence-electron chi connectivity index (χ0n) is 12.6. The number of carboxylic acids is 1. The predicted octanol–water partition coefficient (Wildman–Crippen LogP) is 2.20. The summed E-state index contributed by atoms with van der Waals surface area (Å²) in [4.78, 5) is 23.5. The maximum atomic E-state index is 12.1. The summed E-state index contributed by atoms with van der Waals surface area (Å²) in [7, 11) is 0. The van der Waals surface area contributed by atoms with Gasteiger partial charge in [0.1, 0.15) is 5.75 Å². The van der Waals surface area contributed by atoms with Crippen LogP contribution in [-0.4, -0.2) is 43.1 Å². The standard InChI is InChI=1S/C15H16F3NO5/c16-15(17,18)24-11-3-1-10(2-4-11)12(20)19-9-14(13(21)22)5-7-23-8-6-14/h1-4H,5-9H2,(H,19,20)(H,21,22). The Labute approximate surface area is 135 Å². The van der Waals surface area contributed by atoms with E-state index in [0.717, 1.165) is 12.1 Å². The van der Waals surface area contributed by atoms with Gasteiger partial charge in [-0.3, -0.25) is 9.59 Å². The molecule has 2 rings (SSSR count). The number of halogens is 3. The third kappa shape index (κ3) is 4.60. The number of aliphatic carboxylic acids is 1. The van der Waals surface area contributed by atoms with Crippen molar-refractivity contribution in [1.29, 1.82) is 0 Å². The molecule has 0 aliphatic carbocycles. The third-order valence-electron chi connectivity index (χ3n) is 3.84. The van der Waals surface area contributed by atoms with E-state index in [0.29, 0.717) is 13.2 Å². The van der Waals surface area contributed by atoms with Crippen LogP contribution in [0.3, 0.4) is 0 Å². The minimum absolute atomic E-state index is 0.0780. The van der Waals surface area contributed by atoms with Crippen LogP contribution in [0, 0.1) is 5.41 Å². The lowest BCUT2D eigenvalue weighted by Crippen LogP contribution is -2.46. The maximum Gasteiger partial charge on any atom is 0.573 e. The van der Waals surface area contributed by atoms with Gasteiger partial charge in [-0.1, -0.05) is 0 Å². The highest BCUT2D eigenvalue weighted by Gasteiger charge is 2.40. The summed E-state index contributed by atoms with van der Waals surface area (Å²) >= 11 is 0. The molecule has 0 unspecified atom stereocenters. The van der Waals surface area contributed by atoms with Crippen LogP contribution in [0.15, 0.2) is 24.3 Å². The van der Waals surface area contributed by atoms with Crippen LogP contribution in [0.5, 0.6) is 5.75 Å². The second kappa shape index (κ2) is 7.08. The first-order chi connectivity index (χ1) is 11.2. The number of hydrogen-bond donors (Lipinski definition) is 2. The van der Waals surface area contributed by atoms with Crippen LogP contribution in [-0.2, 0) is 9.53 Å². The molecular weight excluding hydrogens is 331 g/mol. The number of ether oxygens (including phenoxy) is 2. The van der Waals surface area contributed by atoms with E-state index in [1.165, 1.54) is 12.1 Å². The first-order valence-corrected chi connectivity index (χ1v) is 7.17. The highest BCUT2D eigenvalue weighted by molar-refractivity contribution is 5.94. The molecule has 1 aliphatic heterocycles. The van der Waals surface area contributed by atoms with Crippen molar-refractivity contribution in [2.24, 2.45) is 5.41 Å². The predicted molar refractivity (Wildman–Crippen MR) is 75.6 cm³/mol. The normalized spacial score (nSPS) is 17.1. The molecule has 1 amide bonds. The van der Waals surface area contributed by atoms with Gasteiger partial charge < -0.3 is 19.9 Å². The van der Waals surface area contributed by atoms with Crippen LogP contribution >= 0.6 is 0 Å². The number of nitrogens with one attached hydrogen (secondary N) is 1. The fourth-order valence-electron chi connectivity index (χ4n) is 2.39. The fraction of sp³-hybridized carbons (Fsp3) is 0.467. The summed E-state index contributed by atoms with van der Waals surface area (Å²) < 4.78 is 45.1. The lowest BCUT2D eigenvalue weighted by Gasteiger charge is -2.33. The van der Waals surface area contributed by atoms with Gasteiger partial charge in [-0.2, -0.15) is 0 Å². The first-order valence-electron chi connectivity index (χ1n) is 7.17. The Balaban J connectivity index is 1.98. The average Bonchev–Trinajstić information content (AvgIpc) is 2.52. The minimum atomic E-state index is -4.80. The van der Waals surface area contributed by atoms with Crippen molar-refractivity contribution in [3.8, 4) is 5.75 Å². The number of alkyl halides is 3. The fourth-order valence-corrected chi connectivity index (χ4v) is 2.39. The Morgan fingerprint density at radius 2 is 1.79 bits per heavy atom. The van der Waals surface area contributed by atoms with Crippen molar-refractivity contribution < 1.29 is 37.3 Å². The smallest absolute Gasteiger partial charge is 0.481 e. The molecule has 1 fully saturated rings. The molecule has 1 heterocycles. The van der Waals surface area contributed by atoms with Gasteiger partial charge in [0, 0.05) is 25.3 Å². The van der Waals surface area contributed by atoms with Crippen molar-refractivity contribution >= 4 is 11.9 Å². The van der Waals surface area contributed by atoms with Crippen LogP contribution in [0.4, 0.5) is 13.2 Å². The average molecular weight is 347 g/mol. The van der Waals surface area contributed by atoms with Gasteiger partial charge in [0.25, 0.3) is 5.91 Å². The van der Waals surface area contributed by atoms with E-state index in [9.17, 15) is 27.9 Å². The highest BCUT2D eigenvalue weighted by Crippen LogP contribution is 2.30. The van der Waals surface area contributed by atoms with Crippen LogP contribution in [0.2, 0.25) is 0 Å². The molecule has 0 bridgehead atoms. The van der Waals surface area contributed by atoms with E-state index >= 15 is 0 Å². The van der Waals surface area contributed by atoms with Crippen molar-refractivity contribution in [3.63, 3.8) is 0 Å². The van der Waals surface area contributed by atoms with Gasteiger partial charge in [0.05, 0.1) is 5.41 Å². The molecule has 0 aromatic heterocycles. The molecule has 2 N–H and O–H groups in total. The Morgan fingerprint density at radius 3 is 2.29 bits per heavy atom. The lowest BCUT2D eigenvalue weighted by atomic mass is 9.80. The SMILES string of the molecule is O=C(NCC1(C(=O)O)CCOCC1)c1ccc(OC(F)(F)F)cc1. The van der Waals surface area contributed by atoms with Crippen LogP contribution in [0.25, 0.3) is 0 Å². The molecule has 1 saturated heterocycles. The third-order valence-corrected chi connectivity index (χ3v) is 3.84. The molecule has 0 saturated carbocycles. The zero-order chi connectivity index (χ0) is 17.8. The molecule has 0 atom stereocenters. The van der Waals surface area contributed by atoms with E-state index in [1.807, 2.05) is 0 Å². The summed E-state index contributed by atoms with van der Waals surface area (Å²) in [6.07, 6.45) is -4.25. The molecular formula is C15H16F3NO5. The molecule has 24 heavy (non-hydrogen) atoms. The summed E-state index contributed by atoms with van der Waals surface area (Å²) in [5, 5.41) is 11.9. The molecule has 1 aliphatic rings. The number of amides is 1. The van der Waals surface area contributed by atoms with E-state index in [-0.39, 0.29) is 24.9 Å². The maximum absolute atomic E-state index is 12.1. The lowest BCUT2D eigenvalue weighted by molar-refractivity contribution is -0.274. The number of carboxylic acid groups (broad SMARTS) is 1. The van der Waals surface area contributed by atoms with E-state index in [4.69, 9.17) is 4.74 Å². The Morgan fingerprint density at radius 1 is 1.21 bits per heavy atom. The second-order valence-corrected chi connectivity index (χ2v) is 5.45. The van der Waals surface area contributed by atoms with E-state index in [2.05, 4.69) is 10.1 Å². The summed E-state index contributed by atoms with van der Waals surface area (Å²) in [6.45, 7) is 0.516. The second-order valence-electron chi connectivity index (χ2n) is 5.45. The summed E-state index contributed by atoms with van der Waals surface area (Å²) in [5.74, 6) is -2.02. The minimum Gasteiger partial charge on any atom is -0.481 e. The largest absolute Gasteiger partial charge is 0.573 e. The van der Waals surface area contributed by atoms with Crippen LogP contribution in [0.1, 0.15) is 23.2 Å². The molecule has 6 nitrogen and oxygen atoms in total. The van der Waals surface area contributed by atoms with Gasteiger partial charge in [-0.15, -0.1) is 13.2 Å². The molecule has 0 radical (unpaired) electrons. The molecule has 9 heteroatoms. The molecule has 1 aromatic carbocycles. The van der Waals surface area contributed by atoms with Crippen molar-refractivity contribution in [2.45, 2.75) is 19.2 Å². The van der Waals surface area contributed by atoms with Crippen molar-refractivity contribution in [3.05, 3.63) is 29.8 Å². The van der Waals surface area contributed by atoms with Crippen molar-refractivity contribution in [1.82, 2.24) is 5.32 Å². The van der Waals surface area contributed by atoms with E-state index < -0.39 is 29.4 Å². The van der Waals surface area contributed by atoms with Gasteiger partial charge in [-0.25, -0.2) is 0 Å². The van der Waals surface area contributed by atoms with Gasteiger partial charge >= 0.3 is 12.3 Å².